The van der Waals surface area contributed by atoms with E-state index in [-0.39, 0.29) is 5.60 Å². The van der Waals surface area contributed by atoms with Crippen LogP contribution in [0.1, 0.15) is 73.1 Å². The minimum Gasteiger partial charge on any atom is -0.479 e. The highest BCUT2D eigenvalue weighted by Gasteiger charge is 2.41. The van der Waals surface area contributed by atoms with Crippen molar-refractivity contribution < 1.29 is 14.6 Å². The topological polar surface area (TPSA) is 46.5 Å². The van der Waals surface area contributed by atoms with Crippen molar-refractivity contribution in [1.29, 1.82) is 0 Å². The van der Waals surface area contributed by atoms with Crippen molar-refractivity contribution >= 4 is 5.97 Å². The molecule has 0 aliphatic rings. The summed E-state index contributed by atoms with van der Waals surface area (Å²) in [6.07, 6.45) is 4.89. The van der Waals surface area contributed by atoms with Crippen LogP contribution < -0.4 is 0 Å². The fourth-order valence-corrected chi connectivity index (χ4v) is 2.25. The lowest BCUT2D eigenvalue weighted by Crippen LogP contribution is -2.47. The van der Waals surface area contributed by atoms with Gasteiger partial charge >= 0.3 is 5.97 Å². The molecule has 0 rings (SSSR count). The summed E-state index contributed by atoms with van der Waals surface area (Å²) in [5.41, 5.74) is -1.37. The molecule has 0 heterocycles. The van der Waals surface area contributed by atoms with Gasteiger partial charge in [-0.25, -0.2) is 4.79 Å². The van der Waals surface area contributed by atoms with E-state index in [4.69, 9.17) is 4.74 Å². The van der Waals surface area contributed by atoms with E-state index in [1.807, 2.05) is 20.8 Å². The predicted octanol–water partition coefficient (Wildman–Crippen LogP) is 4.01. The van der Waals surface area contributed by atoms with Gasteiger partial charge in [-0.15, -0.1) is 0 Å². The zero-order valence-corrected chi connectivity index (χ0v) is 12.0. The summed E-state index contributed by atoms with van der Waals surface area (Å²) in [6, 6.07) is 0. The molecule has 17 heavy (non-hydrogen) atoms. The summed E-state index contributed by atoms with van der Waals surface area (Å²) in [6.45, 7) is 10.0. The van der Waals surface area contributed by atoms with Gasteiger partial charge in [0.1, 0.15) is 0 Å². The van der Waals surface area contributed by atoms with Crippen LogP contribution >= 0.6 is 0 Å². The van der Waals surface area contributed by atoms with Gasteiger partial charge in [-0.2, -0.15) is 0 Å². The molecule has 3 nitrogen and oxygen atoms in total. The number of ether oxygens (including phenoxy) is 1. The number of unbranched alkanes of at least 4 members (excludes halogenated alkanes) is 1. The molecule has 0 fully saturated rings. The fraction of sp³-hybridized carbons (Fsp3) is 0.929. The van der Waals surface area contributed by atoms with Crippen LogP contribution in [-0.2, 0) is 9.53 Å². The van der Waals surface area contributed by atoms with Crippen molar-refractivity contribution in [3.8, 4) is 0 Å². The van der Waals surface area contributed by atoms with Crippen molar-refractivity contribution in [3.63, 3.8) is 0 Å². The zero-order chi connectivity index (χ0) is 13.5. The molecule has 0 amide bonds. The maximum atomic E-state index is 11.5. The Morgan fingerprint density at radius 1 is 1.12 bits per heavy atom. The van der Waals surface area contributed by atoms with Gasteiger partial charge in [-0.05, 0) is 33.1 Å². The molecule has 1 unspecified atom stereocenters. The molecule has 1 atom stereocenters. The molecule has 0 saturated carbocycles. The standard InChI is InChI=1S/C14H28O3/c1-6-9-11-14(8-3,12(15)16)17-13(4,5)10-7-2/h6-11H2,1-5H3,(H,15,16). The van der Waals surface area contributed by atoms with E-state index in [9.17, 15) is 9.90 Å². The van der Waals surface area contributed by atoms with Crippen LogP contribution in [0.5, 0.6) is 0 Å². The highest BCUT2D eigenvalue weighted by atomic mass is 16.5. The first-order chi connectivity index (χ1) is 7.83. The van der Waals surface area contributed by atoms with Crippen molar-refractivity contribution in [2.75, 3.05) is 0 Å². The Balaban J connectivity index is 4.84. The predicted molar refractivity (Wildman–Crippen MR) is 70.3 cm³/mol. The minimum atomic E-state index is -1.01. The van der Waals surface area contributed by atoms with Crippen LogP contribution in [0, 0.1) is 0 Å². The Morgan fingerprint density at radius 3 is 2.06 bits per heavy atom. The Bertz CT molecular complexity index is 236. The molecule has 0 aliphatic heterocycles. The van der Waals surface area contributed by atoms with E-state index >= 15 is 0 Å². The third-order valence-corrected chi connectivity index (χ3v) is 3.22. The monoisotopic (exact) mass is 244 g/mol. The van der Waals surface area contributed by atoms with E-state index in [1.54, 1.807) is 0 Å². The second-order valence-corrected chi connectivity index (χ2v) is 5.37. The molecule has 0 saturated heterocycles. The van der Waals surface area contributed by atoms with Gasteiger partial charge in [0.25, 0.3) is 0 Å². The lowest BCUT2D eigenvalue weighted by molar-refractivity contribution is -0.191. The number of carbonyl (C=O) groups is 1. The van der Waals surface area contributed by atoms with Gasteiger partial charge in [0.15, 0.2) is 5.60 Å². The number of hydrogen-bond acceptors (Lipinski definition) is 2. The summed E-state index contributed by atoms with van der Waals surface area (Å²) in [4.78, 5) is 11.5. The quantitative estimate of drug-likeness (QED) is 0.666. The minimum absolute atomic E-state index is 0.364. The first kappa shape index (κ1) is 16.4. The molecular weight excluding hydrogens is 216 g/mol. The highest BCUT2D eigenvalue weighted by Crippen LogP contribution is 2.31. The molecule has 0 aromatic heterocycles. The summed E-state index contributed by atoms with van der Waals surface area (Å²) in [5.74, 6) is -0.822. The Hall–Kier alpha value is -0.570. The SMILES string of the molecule is CCCCC(CC)(OC(C)(C)CCC)C(=O)O. The number of aliphatic carboxylic acids is 1. The van der Waals surface area contributed by atoms with Gasteiger partial charge in [-0.1, -0.05) is 40.0 Å². The molecule has 0 bridgehead atoms. The smallest absolute Gasteiger partial charge is 0.335 e. The van der Waals surface area contributed by atoms with Crippen LogP contribution in [0.4, 0.5) is 0 Å². The molecule has 102 valence electrons. The molecule has 0 radical (unpaired) electrons. The molecule has 0 spiro atoms. The van der Waals surface area contributed by atoms with Crippen molar-refractivity contribution in [1.82, 2.24) is 0 Å². The number of hydrogen-bond donors (Lipinski definition) is 1. The normalized spacial score (nSPS) is 15.6. The molecular formula is C14H28O3. The molecule has 0 aliphatic carbocycles. The van der Waals surface area contributed by atoms with Gasteiger partial charge in [0, 0.05) is 0 Å². The van der Waals surface area contributed by atoms with Gasteiger partial charge in [0.05, 0.1) is 5.60 Å². The molecule has 3 heteroatoms. The average molecular weight is 244 g/mol. The van der Waals surface area contributed by atoms with Crippen LogP contribution in [-0.4, -0.2) is 22.3 Å². The maximum Gasteiger partial charge on any atom is 0.335 e. The first-order valence-corrected chi connectivity index (χ1v) is 6.77. The third kappa shape index (κ3) is 5.07. The summed E-state index contributed by atoms with van der Waals surface area (Å²) >= 11 is 0. The third-order valence-electron chi connectivity index (χ3n) is 3.22. The number of carboxylic acids is 1. The highest BCUT2D eigenvalue weighted by molar-refractivity contribution is 5.77. The van der Waals surface area contributed by atoms with Gasteiger partial charge in [-0.3, -0.25) is 0 Å². The van der Waals surface area contributed by atoms with E-state index in [0.717, 1.165) is 25.7 Å². The Labute approximate surface area is 106 Å². The zero-order valence-electron chi connectivity index (χ0n) is 12.0. The maximum absolute atomic E-state index is 11.5. The molecule has 1 N–H and O–H groups in total. The average Bonchev–Trinajstić information content (AvgIpc) is 2.23. The second kappa shape index (κ2) is 7.00. The van der Waals surface area contributed by atoms with Crippen molar-refractivity contribution in [3.05, 3.63) is 0 Å². The van der Waals surface area contributed by atoms with Gasteiger partial charge < -0.3 is 9.84 Å². The van der Waals surface area contributed by atoms with Crippen molar-refractivity contribution in [2.45, 2.75) is 84.3 Å². The van der Waals surface area contributed by atoms with Crippen LogP contribution in [0.25, 0.3) is 0 Å². The molecule has 0 aromatic carbocycles. The summed E-state index contributed by atoms with van der Waals surface area (Å²) in [7, 11) is 0. The number of carboxylic acid groups (broad SMARTS) is 1. The Kier molecular flexibility index (Phi) is 6.76. The summed E-state index contributed by atoms with van der Waals surface area (Å²) < 4.78 is 5.98. The fourth-order valence-electron chi connectivity index (χ4n) is 2.25. The van der Waals surface area contributed by atoms with Crippen molar-refractivity contribution in [2.24, 2.45) is 0 Å². The lowest BCUT2D eigenvalue weighted by atomic mass is 9.91. The van der Waals surface area contributed by atoms with E-state index < -0.39 is 11.6 Å². The second-order valence-electron chi connectivity index (χ2n) is 5.37. The van der Waals surface area contributed by atoms with E-state index in [0.29, 0.717) is 12.8 Å². The van der Waals surface area contributed by atoms with E-state index in [1.165, 1.54) is 0 Å². The van der Waals surface area contributed by atoms with E-state index in [2.05, 4.69) is 13.8 Å². The summed E-state index contributed by atoms with van der Waals surface area (Å²) in [5, 5.41) is 9.46. The van der Waals surface area contributed by atoms with Crippen LogP contribution in [0.3, 0.4) is 0 Å². The number of rotatable bonds is 9. The van der Waals surface area contributed by atoms with Crippen LogP contribution in [0.2, 0.25) is 0 Å². The lowest BCUT2D eigenvalue weighted by Gasteiger charge is -2.37. The molecule has 0 aromatic rings. The van der Waals surface area contributed by atoms with Crippen LogP contribution in [0.15, 0.2) is 0 Å². The first-order valence-electron chi connectivity index (χ1n) is 6.77. The largest absolute Gasteiger partial charge is 0.479 e. The Morgan fingerprint density at radius 2 is 1.71 bits per heavy atom. The van der Waals surface area contributed by atoms with Gasteiger partial charge in [0.2, 0.25) is 0 Å².